The summed E-state index contributed by atoms with van der Waals surface area (Å²) in [6, 6.07) is 9.51. The zero-order valence-corrected chi connectivity index (χ0v) is 18.6. The Morgan fingerprint density at radius 2 is 1.75 bits per heavy atom. The van der Waals surface area contributed by atoms with Gasteiger partial charge in [-0.3, -0.25) is 0 Å². The number of amides is 2. The molecule has 2 N–H and O–H groups in total. The Morgan fingerprint density at radius 3 is 2.41 bits per heavy atom. The first kappa shape index (κ1) is 22.6. The molecule has 0 bridgehead atoms. The maximum atomic E-state index is 12.7. The number of benzene rings is 2. The van der Waals surface area contributed by atoms with E-state index < -0.39 is 17.8 Å². The molecular formula is C23H21ClF3N3OS. The van der Waals surface area contributed by atoms with E-state index >= 15 is 0 Å². The van der Waals surface area contributed by atoms with Crippen molar-refractivity contribution in [1.82, 2.24) is 4.98 Å². The summed E-state index contributed by atoms with van der Waals surface area (Å²) >= 11 is 7.59. The molecule has 1 aromatic heterocycles. The second-order valence-corrected chi connectivity index (χ2v) is 9.22. The van der Waals surface area contributed by atoms with Crippen molar-refractivity contribution in [2.45, 2.75) is 44.2 Å². The van der Waals surface area contributed by atoms with Gasteiger partial charge in [0.2, 0.25) is 0 Å². The van der Waals surface area contributed by atoms with Gasteiger partial charge < -0.3 is 10.6 Å². The lowest BCUT2D eigenvalue weighted by molar-refractivity contribution is -0.137. The number of nitrogens with zero attached hydrogens (tertiary/aromatic N) is 1. The highest BCUT2D eigenvalue weighted by molar-refractivity contribution is 7.15. The van der Waals surface area contributed by atoms with Crippen LogP contribution >= 0.6 is 22.9 Å². The summed E-state index contributed by atoms with van der Waals surface area (Å²) in [5, 5.41) is 6.12. The zero-order chi connectivity index (χ0) is 22.7. The molecule has 0 aliphatic heterocycles. The smallest absolute Gasteiger partial charge is 0.308 e. The summed E-state index contributed by atoms with van der Waals surface area (Å²) in [6.07, 6.45) is 3.64. The molecule has 0 saturated heterocycles. The third-order valence-electron chi connectivity index (χ3n) is 5.45. The number of hydrogen-bond acceptors (Lipinski definition) is 3. The van der Waals surface area contributed by atoms with Gasteiger partial charge in [0.15, 0.2) is 0 Å². The minimum Gasteiger partial charge on any atom is -0.308 e. The molecule has 0 radical (unpaired) electrons. The summed E-state index contributed by atoms with van der Waals surface area (Å²) in [6.45, 7) is 0. The van der Waals surface area contributed by atoms with E-state index in [-0.39, 0.29) is 10.7 Å². The van der Waals surface area contributed by atoms with Crippen molar-refractivity contribution in [1.29, 1.82) is 0 Å². The number of rotatable bonds is 4. The van der Waals surface area contributed by atoms with Gasteiger partial charge in [-0.05, 0) is 48.7 Å². The van der Waals surface area contributed by atoms with E-state index in [1.54, 1.807) is 23.5 Å². The molecule has 1 fully saturated rings. The molecule has 1 aliphatic rings. The summed E-state index contributed by atoms with van der Waals surface area (Å²) in [5.41, 5.74) is 0.778. The molecule has 9 heteroatoms. The molecule has 0 spiro atoms. The van der Waals surface area contributed by atoms with Gasteiger partial charge in [-0.2, -0.15) is 13.2 Å². The lowest BCUT2D eigenvalue weighted by Gasteiger charge is -2.18. The molecule has 1 heterocycles. The quantitative estimate of drug-likeness (QED) is 0.396. The van der Waals surface area contributed by atoms with Crippen molar-refractivity contribution in [2.24, 2.45) is 0 Å². The monoisotopic (exact) mass is 479 g/mol. The predicted molar refractivity (Wildman–Crippen MR) is 122 cm³/mol. The SMILES string of the molecule is O=C(Nc1ccc(-c2cnc(C3CCCCC3)s2)cc1)Nc1ccc(C(F)(F)F)cc1Cl. The molecule has 1 aliphatic carbocycles. The maximum Gasteiger partial charge on any atom is 0.416 e. The number of aromatic nitrogens is 1. The van der Waals surface area contributed by atoms with E-state index in [1.807, 2.05) is 18.3 Å². The average molecular weight is 480 g/mol. The van der Waals surface area contributed by atoms with Crippen LogP contribution < -0.4 is 10.6 Å². The van der Waals surface area contributed by atoms with Crippen LogP contribution in [0.15, 0.2) is 48.7 Å². The van der Waals surface area contributed by atoms with Gasteiger partial charge in [0.25, 0.3) is 0 Å². The normalized spacial score (nSPS) is 14.9. The topological polar surface area (TPSA) is 54.0 Å². The number of urea groups is 1. The predicted octanol–water partition coefficient (Wildman–Crippen LogP) is 8.17. The number of hydrogen-bond donors (Lipinski definition) is 2. The highest BCUT2D eigenvalue weighted by atomic mass is 35.5. The van der Waals surface area contributed by atoms with E-state index in [4.69, 9.17) is 11.6 Å². The van der Waals surface area contributed by atoms with Crippen molar-refractivity contribution >= 4 is 40.3 Å². The Kier molecular flexibility index (Phi) is 6.71. The van der Waals surface area contributed by atoms with Crippen LogP contribution in [0.2, 0.25) is 5.02 Å². The fourth-order valence-corrected chi connectivity index (χ4v) is 5.07. The maximum absolute atomic E-state index is 12.7. The number of thiazole rings is 1. The third-order valence-corrected chi connectivity index (χ3v) is 6.97. The zero-order valence-electron chi connectivity index (χ0n) is 17.0. The lowest BCUT2D eigenvalue weighted by Crippen LogP contribution is -2.19. The molecule has 4 rings (SSSR count). The summed E-state index contributed by atoms with van der Waals surface area (Å²) in [4.78, 5) is 17.9. The molecule has 3 aromatic rings. The van der Waals surface area contributed by atoms with Crippen molar-refractivity contribution in [3.8, 4) is 10.4 Å². The number of alkyl halides is 3. The van der Waals surface area contributed by atoms with Crippen molar-refractivity contribution < 1.29 is 18.0 Å². The van der Waals surface area contributed by atoms with Gasteiger partial charge in [0.1, 0.15) is 0 Å². The molecule has 4 nitrogen and oxygen atoms in total. The van der Waals surface area contributed by atoms with E-state index in [9.17, 15) is 18.0 Å². The van der Waals surface area contributed by atoms with Gasteiger partial charge in [-0.25, -0.2) is 9.78 Å². The van der Waals surface area contributed by atoms with Gasteiger partial charge in [-0.1, -0.05) is 43.0 Å². The Bertz CT molecular complexity index is 1090. The van der Waals surface area contributed by atoms with Crippen LogP contribution in [0, 0.1) is 0 Å². The molecule has 0 atom stereocenters. The Morgan fingerprint density at radius 1 is 1.03 bits per heavy atom. The Hall–Kier alpha value is -2.58. The summed E-state index contributed by atoms with van der Waals surface area (Å²) in [5.74, 6) is 0.559. The van der Waals surface area contributed by atoms with E-state index in [2.05, 4.69) is 15.6 Å². The first-order valence-electron chi connectivity index (χ1n) is 10.3. The largest absolute Gasteiger partial charge is 0.416 e. The molecule has 32 heavy (non-hydrogen) atoms. The van der Waals surface area contributed by atoms with E-state index in [0.717, 1.165) is 28.6 Å². The highest BCUT2D eigenvalue weighted by Crippen LogP contribution is 2.38. The third kappa shape index (κ3) is 5.42. The first-order valence-corrected chi connectivity index (χ1v) is 11.5. The van der Waals surface area contributed by atoms with Crippen LogP contribution in [-0.2, 0) is 6.18 Å². The van der Waals surface area contributed by atoms with Gasteiger partial charge >= 0.3 is 12.2 Å². The van der Waals surface area contributed by atoms with Gasteiger partial charge in [-0.15, -0.1) is 11.3 Å². The highest BCUT2D eigenvalue weighted by Gasteiger charge is 2.31. The number of halogens is 4. The van der Waals surface area contributed by atoms with Gasteiger partial charge in [0.05, 0.1) is 26.2 Å². The molecule has 2 aromatic carbocycles. The lowest BCUT2D eigenvalue weighted by atomic mass is 9.90. The van der Waals surface area contributed by atoms with Crippen LogP contribution in [0.25, 0.3) is 10.4 Å². The minimum atomic E-state index is -4.50. The second kappa shape index (κ2) is 9.50. The number of anilines is 2. The van der Waals surface area contributed by atoms with Gasteiger partial charge in [0, 0.05) is 17.8 Å². The molecule has 1 saturated carbocycles. The molecule has 168 valence electrons. The van der Waals surface area contributed by atoms with Crippen LogP contribution in [-0.4, -0.2) is 11.0 Å². The van der Waals surface area contributed by atoms with Crippen molar-refractivity contribution in [2.75, 3.05) is 10.6 Å². The molecular weight excluding hydrogens is 459 g/mol. The van der Waals surface area contributed by atoms with Crippen LogP contribution in [0.1, 0.15) is 48.6 Å². The summed E-state index contributed by atoms with van der Waals surface area (Å²) in [7, 11) is 0. The molecule has 0 unspecified atom stereocenters. The minimum absolute atomic E-state index is 0.0914. The number of carbonyl (C=O) groups excluding carboxylic acids is 1. The number of carbonyl (C=O) groups is 1. The van der Waals surface area contributed by atoms with E-state index in [1.165, 1.54) is 37.1 Å². The standard InChI is InChI=1S/C23H21ClF3N3OS/c24-18-12-16(23(25,26)27)8-11-19(18)30-22(31)29-17-9-6-14(7-10-17)20-13-28-21(32-20)15-4-2-1-3-5-15/h6-13,15H,1-5H2,(H2,29,30,31). The van der Waals surface area contributed by atoms with Crippen LogP contribution in [0.5, 0.6) is 0 Å². The fraction of sp³-hybridized carbons (Fsp3) is 0.304. The number of nitrogens with one attached hydrogen (secondary N) is 2. The Labute approximate surface area is 192 Å². The second-order valence-electron chi connectivity index (χ2n) is 7.75. The van der Waals surface area contributed by atoms with Crippen molar-refractivity contribution in [3.05, 3.63) is 64.3 Å². The fourth-order valence-electron chi connectivity index (χ4n) is 3.75. The Balaban J connectivity index is 1.37. The molecule has 2 amide bonds. The van der Waals surface area contributed by atoms with Crippen molar-refractivity contribution in [3.63, 3.8) is 0 Å². The summed E-state index contributed by atoms with van der Waals surface area (Å²) < 4.78 is 38.2. The first-order chi connectivity index (χ1) is 15.3. The van der Waals surface area contributed by atoms with E-state index in [0.29, 0.717) is 11.6 Å². The van der Waals surface area contributed by atoms with Crippen LogP contribution in [0.3, 0.4) is 0 Å². The average Bonchev–Trinajstić information content (AvgIpc) is 3.26. The van der Waals surface area contributed by atoms with Crippen LogP contribution in [0.4, 0.5) is 29.3 Å².